The van der Waals surface area contributed by atoms with E-state index in [4.69, 9.17) is 4.42 Å². The molecule has 1 aliphatic heterocycles. The molecule has 1 saturated heterocycles. The van der Waals surface area contributed by atoms with Crippen LogP contribution >= 0.6 is 0 Å². The molecule has 3 aromatic rings. The first-order chi connectivity index (χ1) is 14.4. The highest BCUT2D eigenvalue weighted by Crippen LogP contribution is 2.33. The van der Waals surface area contributed by atoms with Crippen LogP contribution in [0.4, 0.5) is 4.39 Å². The molecule has 3 heterocycles. The highest BCUT2D eigenvalue weighted by molar-refractivity contribution is 5.41. The highest BCUT2D eigenvalue weighted by atomic mass is 19.1. The van der Waals surface area contributed by atoms with Crippen molar-refractivity contribution in [2.75, 3.05) is 33.2 Å². The molecule has 1 N–H and O–H groups in total. The fraction of sp³-hybridized carbons (Fsp3) is 0.348. The lowest BCUT2D eigenvalue weighted by Crippen LogP contribution is -2.47. The number of nitrogens with zero attached hydrogens (tertiary/aromatic N) is 3. The van der Waals surface area contributed by atoms with Crippen LogP contribution < -0.4 is 5.56 Å². The molecule has 0 spiro atoms. The Morgan fingerprint density at radius 1 is 1.13 bits per heavy atom. The fourth-order valence-electron chi connectivity index (χ4n) is 4.10. The number of benzene rings is 1. The molecule has 2 aromatic heterocycles. The third-order valence-corrected chi connectivity index (χ3v) is 5.76. The number of hydrogen-bond acceptors (Lipinski definition) is 5. The largest absolute Gasteiger partial charge is 0.507 e. The minimum atomic E-state index is -0.537. The van der Waals surface area contributed by atoms with Crippen LogP contribution in [0.2, 0.25) is 0 Å². The molecule has 1 aromatic carbocycles. The Hall–Kier alpha value is -2.90. The fourth-order valence-corrected chi connectivity index (χ4v) is 4.10. The summed E-state index contributed by atoms with van der Waals surface area (Å²) in [5, 5.41) is 10.8. The van der Waals surface area contributed by atoms with Gasteiger partial charge in [0.25, 0.3) is 5.56 Å². The van der Waals surface area contributed by atoms with Crippen molar-refractivity contribution in [2.24, 2.45) is 0 Å². The molecule has 158 valence electrons. The van der Waals surface area contributed by atoms with E-state index in [2.05, 4.69) is 9.80 Å². The first kappa shape index (κ1) is 20.4. The molecule has 1 aliphatic rings. The van der Waals surface area contributed by atoms with Gasteiger partial charge in [-0.3, -0.25) is 9.69 Å². The zero-order valence-electron chi connectivity index (χ0n) is 17.2. The molecule has 0 saturated carbocycles. The molecule has 0 unspecified atom stereocenters. The third kappa shape index (κ3) is 4.04. The van der Waals surface area contributed by atoms with E-state index in [1.807, 2.05) is 19.2 Å². The van der Waals surface area contributed by atoms with Gasteiger partial charge < -0.3 is 19.0 Å². The number of aromatic hydroxyl groups is 1. The van der Waals surface area contributed by atoms with E-state index in [1.165, 1.54) is 12.1 Å². The van der Waals surface area contributed by atoms with Crippen LogP contribution in [0.1, 0.15) is 28.6 Å². The van der Waals surface area contributed by atoms with Crippen LogP contribution in [0.5, 0.6) is 5.75 Å². The summed E-state index contributed by atoms with van der Waals surface area (Å²) in [5.41, 5.74) is 1.26. The molecule has 4 rings (SSSR count). The van der Waals surface area contributed by atoms with Gasteiger partial charge in [-0.25, -0.2) is 4.39 Å². The van der Waals surface area contributed by atoms with Gasteiger partial charge in [-0.05, 0) is 49.9 Å². The SMILES string of the molecule is Cc1cc(O)c([C@H](c2cccc(F)c2)N2CCN(C)CC2)c(=O)n1Cc1ccco1. The molecule has 30 heavy (non-hydrogen) atoms. The minimum Gasteiger partial charge on any atom is -0.507 e. The van der Waals surface area contributed by atoms with Crippen molar-refractivity contribution in [1.29, 1.82) is 0 Å². The van der Waals surface area contributed by atoms with Crippen molar-refractivity contribution < 1.29 is 13.9 Å². The molecule has 6 nitrogen and oxygen atoms in total. The van der Waals surface area contributed by atoms with E-state index < -0.39 is 6.04 Å². The average molecular weight is 411 g/mol. The van der Waals surface area contributed by atoms with Crippen molar-refractivity contribution in [3.05, 3.63) is 87.5 Å². The first-order valence-electron chi connectivity index (χ1n) is 10.1. The van der Waals surface area contributed by atoms with Gasteiger partial charge in [0.1, 0.15) is 17.3 Å². The molecule has 1 atom stereocenters. The number of piperazine rings is 1. The number of rotatable bonds is 5. The standard InChI is InChI=1S/C23H26FN3O3/c1-16-13-20(28)21(23(29)27(16)15-19-7-4-12-30-19)22(17-5-3-6-18(24)14-17)26-10-8-25(2)9-11-26/h3-7,12-14,22,28H,8-11,15H2,1-2H3/t22-/m0/s1. The monoisotopic (exact) mass is 411 g/mol. The van der Waals surface area contributed by atoms with E-state index in [9.17, 15) is 14.3 Å². The van der Waals surface area contributed by atoms with Crippen LogP contribution in [-0.4, -0.2) is 52.7 Å². The minimum absolute atomic E-state index is 0.0682. The molecule has 0 bridgehead atoms. The molecular formula is C23H26FN3O3. The summed E-state index contributed by atoms with van der Waals surface area (Å²) in [7, 11) is 2.05. The molecule has 0 amide bonds. The average Bonchev–Trinajstić information content (AvgIpc) is 3.22. The van der Waals surface area contributed by atoms with E-state index in [0.717, 1.165) is 13.1 Å². The third-order valence-electron chi connectivity index (χ3n) is 5.76. The quantitative estimate of drug-likeness (QED) is 0.700. The van der Waals surface area contributed by atoms with Crippen molar-refractivity contribution in [3.63, 3.8) is 0 Å². The Morgan fingerprint density at radius 3 is 2.57 bits per heavy atom. The van der Waals surface area contributed by atoms with Crippen LogP contribution in [0, 0.1) is 12.7 Å². The highest BCUT2D eigenvalue weighted by Gasteiger charge is 2.31. The van der Waals surface area contributed by atoms with Gasteiger partial charge in [0.15, 0.2) is 0 Å². The van der Waals surface area contributed by atoms with Crippen LogP contribution in [0.3, 0.4) is 0 Å². The Balaban J connectivity index is 1.84. The van der Waals surface area contributed by atoms with E-state index in [0.29, 0.717) is 30.1 Å². The number of pyridine rings is 1. The van der Waals surface area contributed by atoms with Crippen LogP contribution in [-0.2, 0) is 6.54 Å². The van der Waals surface area contributed by atoms with Gasteiger partial charge in [0, 0.05) is 31.9 Å². The Kier molecular flexibility index (Phi) is 5.74. The maximum absolute atomic E-state index is 14.1. The van der Waals surface area contributed by atoms with Gasteiger partial charge in [-0.2, -0.15) is 0 Å². The van der Waals surface area contributed by atoms with Crippen LogP contribution in [0.25, 0.3) is 0 Å². The number of hydrogen-bond donors (Lipinski definition) is 1. The summed E-state index contributed by atoms with van der Waals surface area (Å²) >= 11 is 0. The van der Waals surface area contributed by atoms with Crippen molar-refractivity contribution in [1.82, 2.24) is 14.4 Å². The summed E-state index contributed by atoms with van der Waals surface area (Å²) in [4.78, 5) is 17.9. The maximum atomic E-state index is 14.1. The lowest BCUT2D eigenvalue weighted by atomic mass is 9.96. The summed E-state index contributed by atoms with van der Waals surface area (Å²) < 4.78 is 21.1. The Bertz CT molecular complexity index is 1070. The van der Waals surface area contributed by atoms with Gasteiger partial charge in [-0.1, -0.05) is 12.1 Å². The molecule has 7 heteroatoms. The number of aryl methyl sites for hydroxylation is 1. The summed E-state index contributed by atoms with van der Waals surface area (Å²) in [6.07, 6.45) is 1.57. The van der Waals surface area contributed by atoms with E-state index >= 15 is 0 Å². The zero-order valence-corrected chi connectivity index (χ0v) is 17.2. The second kappa shape index (κ2) is 8.45. The predicted octanol–water partition coefficient (Wildman–Crippen LogP) is 2.98. The number of halogens is 1. The van der Waals surface area contributed by atoms with Gasteiger partial charge in [0.2, 0.25) is 0 Å². The maximum Gasteiger partial charge on any atom is 0.260 e. The normalized spacial score (nSPS) is 16.6. The summed E-state index contributed by atoms with van der Waals surface area (Å²) in [6, 6.07) is 10.9. The van der Waals surface area contributed by atoms with Crippen molar-refractivity contribution in [2.45, 2.75) is 19.5 Å². The lowest BCUT2D eigenvalue weighted by molar-refractivity contribution is 0.125. The molecule has 1 fully saturated rings. The van der Waals surface area contributed by atoms with E-state index in [1.54, 1.807) is 36.0 Å². The second-order valence-electron chi connectivity index (χ2n) is 7.85. The number of likely N-dealkylation sites (N-methyl/N-ethyl adjacent to an activating group) is 1. The molecule has 0 radical (unpaired) electrons. The summed E-state index contributed by atoms with van der Waals surface area (Å²) in [6.45, 7) is 5.13. The Morgan fingerprint density at radius 2 is 1.90 bits per heavy atom. The van der Waals surface area contributed by atoms with Crippen molar-refractivity contribution >= 4 is 0 Å². The topological polar surface area (TPSA) is 61.9 Å². The first-order valence-corrected chi connectivity index (χ1v) is 10.1. The summed E-state index contributed by atoms with van der Waals surface area (Å²) in [5.74, 6) is 0.217. The Labute approximate surface area is 174 Å². The van der Waals surface area contributed by atoms with Crippen LogP contribution in [0.15, 0.2) is 57.9 Å². The molecule has 0 aliphatic carbocycles. The van der Waals surface area contributed by atoms with Crippen molar-refractivity contribution in [3.8, 4) is 5.75 Å². The number of aromatic nitrogens is 1. The second-order valence-corrected chi connectivity index (χ2v) is 7.85. The molecular weight excluding hydrogens is 385 g/mol. The lowest BCUT2D eigenvalue weighted by Gasteiger charge is -2.38. The van der Waals surface area contributed by atoms with Gasteiger partial charge in [0.05, 0.1) is 24.4 Å². The zero-order chi connectivity index (χ0) is 21.3. The van der Waals surface area contributed by atoms with Gasteiger partial charge in [-0.15, -0.1) is 0 Å². The van der Waals surface area contributed by atoms with E-state index in [-0.39, 0.29) is 29.2 Å². The smallest absolute Gasteiger partial charge is 0.260 e. The number of furan rings is 1. The van der Waals surface area contributed by atoms with Gasteiger partial charge >= 0.3 is 0 Å². The predicted molar refractivity (Wildman–Crippen MR) is 112 cm³/mol.